The number of H-pyrrole nitrogens is 1. The third kappa shape index (κ3) is 2.74. The molecule has 0 aliphatic carbocycles. The number of imidazole rings is 1. The van der Waals surface area contributed by atoms with Gasteiger partial charge in [-0.1, -0.05) is 0 Å². The van der Waals surface area contributed by atoms with Crippen molar-refractivity contribution in [3.63, 3.8) is 0 Å². The summed E-state index contributed by atoms with van der Waals surface area (Å²) in [4.78, 5) is 6.55. The number of tetrazole rings is 1. The molecule has 21 heavy (non-hydrogen) atoms. The Hall–Kier alpha value is -2.75. The first-order valence-corrected chi connectivity index (χ1v) is 7.41. The van der Waals surface area contributed by atoms with Gasteiger partial charge < -0.3 is 4.98 Å². The monoisotopic (exact) mass is 305 g/mol. The number of rotatable bonds is 4. The molecule has 0 atom stereocenters. The number of benzene rings is 1. The first-order chi connectivity index (χ1) is 10.0. The molecule has 108 valence electrons. The van der Waals surface area contributed by atoms with Crippen molar-refractivity contribution in [1.29, 1.82) is 0 Å². The van der Waals surface area contributed by atoms with Crippen molar-refractivity contribution in [2.24, 2.45) is 0 Å². The van der Waals surface area contributed by atoms with Crippen LogP contribution in [0.5, 0.6) is 0 Å². The first-order valence-electron chi connectivity index (χ1n) is 5.92. The van der Waals surface area contributed by atoms with Crippen molar-refractivity contribution in [1.82, 2.24) is 30.2 Å². The number of nitrogens with one attached hydrogen (secondary N) is 2. The highest BCUT2D eigenvalue weighted by Crippen LogP contribution is 2.16. The van der Waals surface area contributed by atoms with Gasteiger partial charge in [-0.05, 0) is 41.6 Å². The number of hydrogen-bond acceptors (Lipinski definition) is 6. The third-order valence-corrected chi connectivity index (χ3v) is 3.99. The molecule has 2 heterocycles. The second-order valence-electron chi connectivity index (χ2n) is 4.24. The summed E-state index contributed by atoms with van der Waals surface area (Å²) in [7, 11) is -3.67. The van der Waals surface area contributed by atoms with E-state index in [1.807, 2.05) is 0 Å². The maximum absolute atomic E-state index is 12.1. The first kappa shape index (κ1) is 13.2. The number of aromatic nitrogens is 6. The van der Waals surface area contributed by atoms with E-state index in [1.165, 1.54) is 17.2 Å². The van der Waals surface area contributed by atoms with E-state index in [2.05, 4.69) is 30.2 Å². The maximum atomic E-state index is 12.1. The van der Waals surface area contributed by atoms with Crippen molar-refractivity contribution in [2.45, 2.75) is 11.9 Å². The largest absolute Gasteiger partial charge is 0.332 e. The molecule has 0 unspecified atom stereocenters. The Morgan fingerprint density at radius 3 is 2.57 bits per heavy atom. The van der Waals surface area contributed by atoms with Gasteiger partial charge in [0.1, 0.15) is 12.2 Å². The fourth-order valence-corrected chi connectivity index (χ4v) is 2.74. The molecule has 0 aliphatic rings. The summed E-state index contributed by atoms with van der Waals surface area (Å²) < 4.78 is 28.1. The maximum Gasteiger partial charge on any atom is 0.278 e. The molecule has 0 fully saturated rings. The minimum atomic E-state index is -3.67. The van der Waals surface area contributed by atoms with Crippen LogP contribution in [0.4, 0.5) is 5.69 Å². The molecule has 3 rings (SSSR count). The summed E-state index contributed by atoms with van der Waals surface area (Å²) in [5.41, 5.74) is 1.15. The van der Waals surface area contributed by atoms with Crippen LogP contribution in [0, 0.1) is 6.92 Å². The van der Waals surface area contributed by atoms with Crippen LogP contribution in [0.2, 0.25) is 0 Å². The number of nitrogens with zero attached hydrogens (tertiary/aromatic N) is 5. The van der Waals surface area contributed by atoms with Crippen LogP contribution in [0.3, 0.4) is 0 Å². The molecule has 2 N–H and O–H groups in total. The number of aromatic amines is 1. The second kappa shape index (κ2) is 4.98. The Bertz CT molecular complexity index is 837. The van der Waals surface area contributed by atoms with Gasteiger partial charge in [0.05, 0.1) is 11.9 Å². The Balaban J connectivity index is 1.82. The van der Waals surface area contributed by atoms with E-state index in [4.69, 9.17) is 0 Å². The zero-order chi connectivity index (χ0) is 14.9. The second-order valence-corrected chi connectivity index (χ2v) is 5.89. The van der Waals surface area contributed by atoms with Crippen LogP contribution in [0.15, 0.2) is 41.8 Å². The van der Waals surface area contributed by atoms with E-state index in [9.17, 15) is 8.42 Å². The molecule has 0 amide bonds. The standard InChI is InChI=1S/C11H11N7O2S/c1-8-12-6-11(14-8)21(19,20)15-9-2-4-10(5-3-9)18-7-13-16-17-18/h2-7,15H,1H3,(H,12,14). The van der Waals surface area contributed by atoms with Crippen molar-refractivity contribution in [3.8, 4) is 5.69 Å². The van der Waals surface area contributed by atoms with Gasteiger partial charge in [0.15, 0.2) is 5.03 Å². The average Bonchev–Trinajstić information content (AvgIpc) is 3.10. The third-order valence-electron chi connectivity index (χ3n) is 2.70. The molecular formula is C11H11N7O2S. The van der Waals surface area contributed by atoms with E-state index in [0.29, 0.717) is 11.5 Å². The molecule has 0 spiro atoms. The normalized spacial score (nSPS) is 11.5. The highest BCUT2D eigenvalue weighted by molar-refractivity contribution is 7.92. The fourth-order valence-electron chi connectivity index (χ4n) is 1.71. The lowest BCUT2D eigenvalue weighted by Crippen LogP contribution is -2.13. The predicted molar refractivity (Wildman–Crippen MR) is 73.3 cm³/mol. The molecule has 3 aromatic rings. The fraction of sp³-hybridized carbons (Fsp3) is 0.0909. The summed E-state index contributed by atoms with van der Waals surface area (Å²) in [6.07, 6.45) is 2.72. The number of anilines is 1. The lowest BCUT2D eigenvalue weighted by Gasteiger charge is -2.07. The Kier molecular flexibility index (Phi) is 3.14. The van der Waals surface area contributed by atoms with Gasteiger partial charge in [0.25, 0.3) is 10.0 Å². The highest BCUT2D eigenvalue weighted by atomic mass is 32.2. The van der Waals surface area contributed by atoms with Gasteiger partial charge >= 0.3 is 0 Å². The SMILES string of the molecule is Cc1ncc(S(=O)(=O)Nc2ccc(-n3cnnn3)cc2)[nH]1. The summed E-state index contributed by atoms with van der Waals surface area (Å²) in [5.74, 6) is 0.532. The Labute approximate surface area is 120 Å². The summed E-state index contributed by atoms with van der Waals surface area (Å²) in [6.45, 7) is 1.68. The van der Waals surface area contributed by atoms with Crippen LogP contribution in [-0.4, -0.2) is 38.6 Å². The van der Waals surface area contributed by atoms with Crippen LogP contribution in [0.1, 0.15) is 5.82 Å². The van der Waals surface area contributed by atoms with Crippen LogP contribution in [0.25, 0.3) is 5.69 Å². The molecule has 1 aromatic carbocycles. The number of sulfonamides is 1. The lowest BCUT2D eigenvalue weighted by atomic mass is 10.3. The highest BCUT2D eigenvalue weighted by Gasteiger charge is 2.16. The van der Waals surface area contributed by atoms with Crippen molar-refractivity contribution in [2.75, 3.05) is 4.72 Å². The Morgan fingerprint density at radius 2 is 2.00 bits per heavy atom. The van der Waals surface area contributed by atoms with Crippen LogP contribution < -0.4 is 4.72 Å². The molecule has 0 bridgehead atoms. The average molecular weight is 305 g/mol. The Morgan fingerprint density at radius 1 is 1.24 bits per heavy atom. The van der Waals surface area contributed by atoms with Crippen LogP contribution >= 0.6 is 0 Å². The van der Waals surface area contributed by atoms with Gasteiger partial charge in [-0.15, -0.1) is 5.10 Å². The van der Waals surface area contributed by atoms with Gasteiger partial charge in [0, 0.05) is 5.69 Å². The number of aryl methyl sites for hydroxylation is 1. The lowest BCUT2D eigenvalue weighted by molar-refractivity contribution is 0.598. The summed E-state index contributed by atoms with van der Waals surface area (Å²) >= 11 is 0. The van der Waals surface area contributed by atoms with Crippen LogP contribution in [-0.2, 0) is 10.0 Å². The van der Waals surface area contributed by atoms with E-state index >= 15 is 0 Å². The van der Waals surface area contributed by atoms with E-state index < -0.39 is 10.0 Å². The van der Waals surface area contributed by atoms with Gasteiger partial charge in [-0.25, -0.2) is 9.67 Å². The van der Waals surface area contributed by atoms with E-state index in [-0.39, 0.29) is 5.03 Å². The summed E-state index contributed by atoms with van der Waals surface area (Å²) in [5, 5.41) is 10.8. The van der Waals surface area contributed by atoms with Crippen molar-refractivity contribution < 1.29 is 8.42 Å². The van der Waals surface area contributed by atoms with Gasteiger partial charge in [0.2, 0.25) is 0 Å². The van der Waals surface area contributed by atoms with Gasteiger partial charge in [-0.2, -0.15) is 8.42 Å². The topological polar surface area (TPSA) is 118 Å². The quantitative estimate of drug-likeness (QED) is 0.724. The molecule has 0 saturated carbocycles. The number of hydrogen-bond donors (Lipinski definition) is 2. The van der Waals surface area contributed by atoms with Crippen molar-refractivity contribution in [3.05, 3.63) is 42.6 Å². The van der Waals surface area contributed by atoms with Crippen molar-refractivity contribution >= 4 is 15.7 Å². The predicted octanol–water partition coefficient (Wildman–Crippen LogP) is 0.495. The summed E-state index contributed by atoms with van der Waals surface area (Å²) in [6, 6.07) is 6.65. The minimum Gasteiger partial charge on any atom is -0.332 e. The zero-order valence-corrected chi connectivity index (χ0v) is 11.7. The molecule has 9 nitrogen and oxygen atoms in total. The molecular weight excluding hydrogens is 294 g/mol. The minimum absolute atomic E-state index is 0.0181. The molecule has 0 radical (unpaired) electrons. The molecule has 0 saturated heterocycles. The smallest absolute Gasteiger partial charge is 0.278 e. The van der Waals surface area contributed by atoms with Gasteiger partial charge in [-0.3, -0.25) is 4.72 Å². The zero-order valence-electron chi connectivity index (χ0n) is 10.9. The van der Waals surface area contributed by atoms with E-state index in [1.54, 1.807) is 31.2 Å². The molecule has 2 aromatic heterocycles. The molecule has 0 aliphatic heterocycles. The van der Waals surface area contributed by atoms with E-state index in [0.717, 1.165) is 5.69 Å². The molecule has 10 heteroatoms.